The average Bonchev–Trinajstić information content (AvgIpc) is 2.95. The number of hydrogen-bond donors (Lipinski definition) is 3. The summed E-state index contributed by atoms with van der Waals surface area (Å²) in [5, 5.41) is 13.4. The second-order valence-corrected chi connectivity index (χ2v) is 8.00. The first-order chi connectivity index (χ1) is 13.6. The number of aliphatic hydroxyl groups excluding tert-OH is 1. The Hall–Kier alpha value is -2.98. The quantitative estimate of drug-likeness (QED) is 0.539. The Morgan fingerprint density at radius 3 is 2.69 bits per heavy atom. The summed E-state index contributed by atoms with van der Waals surface area (Å²) in [6, 6.07) is 0. The van der Waals surface area contributed by atoms with Gasteiger partial charge in [0.2, 0.25) is 5.91 Å². The van der Waals surface area contributed by atoms with Crippen LogP contribution in [-0.2, 0) is 15.0 Å². The van der Waals surface area contributed by atoms with E-state index in [1.54, 1.807) is 45.3 Å². The minimum absolute atomic E-state index is 0.0155. The van der Waals surface area contributed by atoms with Gasteiger partial charge in [-0.15, -0.1) is 4.40 Å². The fourth-order valence-electron chi connectivity index (χ4n) is 2.70. The summed E-state index contributed by atoms with van der Waals surface area (Å²) in [5.74, 6) is -0.725. The third kappa shape index (κ3) is 5.30. The van der Waals surface area contributed by atoms with Gasteiger partial charge in [-0.2, -0.15) is 8.42 Å². The molecule has 0 aromatic rings. The summed E-state index contributed by atoms with van der Waals surface area (Å²) in [6.45, 7) is 9.14. The van der Waals surface area contributed by atoms with Gasteiger partial charge < -0.3 is 15.3 Å². The van der Waals surface area contributed by atoms with Crippen LogP contribution in [0.2, 0.25) is 0 Å². The summed E-state index contributed by atoms with van der Waals surface area (Å²) in [4.78, 5) is 17.9. The van der Waals surface area contributed by atoms with E-state index in [1.165, 1.54) is 11.0 Å². The molecule has 9 nitrogen and oxygen atoms in total. The van der Waals surface area contributed by atoms with Gasteiger partial charge in [0, 0.05) is 31.3 Å². The Morgan fingerprint density at radius 2 is 2.10 bits per heavy atom. The lowest BCUT2D eigenvalue weighted by Crippen LogP contribution is -2.41. The van der Waals surface area contributed by atoms with Crippen molar-refractivity contribution in [1.29, 1.82) is 0 Å². The van der Waals surface area contributed by atoms with Gasteiger partial charge in [-0.3, -0.25) is 9.79 Å². The topological polar surface area (TPSA) is 123 Å². The van der Waals surface area contributed by atoms with Crippen LogP contribution in [-0.4, -0.2) is 62.7 Å². The van der Waals surface area contributed by atoms with Crippen LogP contribution in [0.4, 0.5) is 0 Å². The third-order valence-corrected chi connectivity index (χ3v) is 5.19. The number of carbonyl (C=O) groups excluding carboxylic acids is 1. The number of aliphatic imine (C=N–C) groups is 1. The molecule has 2 aliphatic rings. The molecule has 0 radical (unpaired) electrons. The van der Waals surface area contributed by atoms with Crippen molar-refractivity contribution in [2.75, 3.05) is 20.6 Å². The monoisotopic (exact) mass is 419 g/mol. The molecular weight excluding hydrogens is 394 g/mol. The highest BCUT2D eigenvalue weighted by molar-refractivity contribution is 7.89. The van der Waals surface area contributed by atoms with E-state index in [0.717, 1.165) is 5.57 Å². The number of amidine groups is 2. The standard InChI is InChI=1S/C19H25N5O4S/c1-6-8-13(7-2)11-20-17-18(23-29(27,28)22-17)21-15-10-9-14(12(3)16(15)25)19(26)24(4)5/h6-10,12,16,25H,1-2,11H2,3-5H3,(H,20,22)(H,21,23)/b13-8+. The average molecular weight is 420 g/mol. The molecule has 0 fully saturated rings. The highest BCUT2D eigenvalue weighted by Gasteiger charge is 2.33. The summed E-state index contributed by atoms with van der Waals surface area (Å²) < 4.78 is 29.6. The fraction of sp³-hybridized carbons (Fsp3) is 0.316. The van der Waals surface area contributed by atoms with Crippen LogP contribution in [0.1, 0.15) is 6.92 Å². The maximum atomic E-state index is 12.2. The van der Waals surface area contributed by atoms with Crippen LogP contribution in [0.15, 0.2) is 69.8 Å². The summed E-state index contributed by atoms with van der Waals surface area (Å²) in [5.41, 5.74) is 1.49. The van der Waals surface area contributed by atoms with Crippen molar-refractivity contribution in [3.8, 4) is 0 Å². The smallest absolute Gasteiger partial charge is 0.345 e. The summed E-state index contributed by atoms with van der Waals surface area (Å²) in [7, 11) is -0.675. The van der Waals surface area contributed by atoms with E-state index in [4.69, 9.17) is 0 Å². The fourth-order valence-corrected chi connectivity index (χ4v) is 3.52. The predicted molar refractivity (Wildman–Crippen MR) is 113 cm³/mol. The lowest BCUT2D eigenvalue weighted by molar-refractivity contribution is -0.125. The number of allylic oxidation sites excluding steroid dienone is 4. The molecule has 2 unspecified atom stereocenters. The van der Waals surface area contributed by atoms with Gasteiger partial charge in [-0.25, -0.2) is 4.72 Å². The second-order valence-electron chi connectivity index (χ2n) is 6.67. The van der Waals surface area contributed by atoms with Gasteiger partial charge in [0.1, 0.15) is 6.10 Å². The van der Waals surface area contributed by atoms with E-state index in [1.807, 2.05) is 0 Å². The number of likely N-dealkylation sites (N-methyl/N-ethyl adjacent to an activating group) is 1. The molecule has 1 aliphatic carbocycles. The van der Waals surface area contributed by atoms with E-state index in [-0.39, 0.29) is 24.1 Å². The zero-order chi connectivity index (χ0) is 21.8. The maximum absolute atomic E-state index is 12.2. The minimum Gasteiger partial charge on any atom is -0.386 e. The largest absolute Gasteiger partial charge is 0.386 e. The molecule has 0 saturated carbocycles. The van der Waals surface area contributed by atoms with Crippen LogP contribution in [0.5, 0.6) is 0 Å². The van der Waals surface area contributed by atoms with Gasteiger partial charge in [0.05, 0.1) is 6.54 Å². The van der Waals surface area contributed by atoms with Gasteiger partial charge in [-0.05, 0) is 11.6 Å². The molecule has 156 valence electrons. The number of amides is 1. The minimum atomic E-state index is -3.93. The zero-order valence-electron chi connectivity index (χ0n) is 16.6. The predicted octanol–water partition coefficient (Wildman–Crippen LogP) is 0.429. The highest BCUT2D eigenvalue weighted by atomic mass is 32.2. The van der Waals surface area contributed by atoms with E-state index < -0.39 is 22.2 Å². The van der Waals surface area contributed by atoms with Crippen molar-refractivity contribution in [2.45, 2.75) is 13.0 Å². The first-order valence-electron chi connectivity index (χ1n) is 8.79. The Labute approximate surface area is 170 Å². The van der Waals surface area contributed by atoms with Crippen LogP contribution in [0.25, 0.3) is 0 Å². The number of rotatable bonds is 6. The molecule has 1 aliphatic heterocycles. The maximum Gasteiger partial charge on any atom is 0.345 e. The first kappa shape index (κ1) is 22.3. The van der Waals surface area contributed by atoms with Gasteiger partial charge in [0.25, 0.3) is 0 Å². The molecule has 0 bridgehead atoms. The van der Waals surface area contributed by atoms with Crippen molar-refractivity contribution in [1.82, 2.24) is 14.9 Å². The molecule has 0 spiro atoms. The molecular formula is C19H25N5O4S. The number of hydrogen-bond acceptors (Lipinski definition) is 6. The van der Waals surface area contributed by atoms with E-state index in [0.29, 0.717) is 11.3 Å². The molecule has 2 rings (SSSR count). The molecule has 3 N–H and O–H groups in total. The van der Waals surface area contributed by atoms with Crippen molar-refractivity contribution in [3.63, 3.8) is 0 Å². The zero-order valence-corrected chi connectivity index (χ0v) is 17.4. The number of carbonyl (C=O) groups is 1. The molecule has 2 atom stereocenters. The third-order valence-electron chi connectivity index (χ3n) is 4.32. The molecule has 10 heteroatoms. The molecule has 1 amide bonds. The van der Waals surface area contributed by atoms with Gasteiger partial charge >= 0.3 is 10.2 Å². The molecule has 29 heavy (non-hydrogen) atoms. The number of nitrogens with one attached hydrogen (secondary N) is 2. The second kappa shape index (κ2) is 9.01. The van der Waals surface area contributed by atoms with Crippen molar-refractivity contribution < 1.29 is 18.3 Å². The van der Waals surface area contributed by atoms with Crippen molar-refractivity contribution in [3.05, 3.63) is 60.4 Å². The highest BCUT2D eigenvalue weighted by Crippen LogP contribution is 2.25. The molecule has 0 saturated heterocycles. The van der Waals surface area contributed by atoms with Crippen molar-refractivity contribution >= 4 is 27.8 Å². The first-order valence-corrected chi connectivity index (χ1v) is 10.2. The van der Waals surface area contributed by atoms with Crippen LogP contribution in [0, 0.1) is 5.92 Å². The van der Waals surface area contributed by atoms with Crippen molar-refractivity contribution in [2.24, 2.45) is 15.3 Å². The Bertz CT molecular complexity index is 971. The molecule has 0 aromatic carbocycles. The summed E-state index contributed by atoms with van der Waals surface area (Å²) >= 11 is 0. The van der Waals surface area contributed by atoms with Crippen LogP contribution >= 0.6 is 0 Å². The Morgan fingerprint density at radius 1 is 1.41 bits per heavy atom. The number of aliphatic hydroxyl groups is 1. The summed E-state index contributed by atoms with van der Waals surface area (Å²) in [6.07, 6.45) is 6.94. The van der Waals surface area contributed by atoms with E-state index in [2.05, 4.69) is 32.6 Å². The van der Waals surface area contributed by atoms with Crippen LogP contribution in [0.3, 0.4) is 0 Å². The Kier molecular flexibility index (Phi) is 6.93. The lowest BCUT2D eigenvalue weighted by atomic mass is 9.87. The van der Waals surface area contributed by atoms with E-state index in [9.17, 15) is 18.3 Å². The Balaban J connectivity index is 2.30. The SMILES string of the molecule is C=C/C=C(\C=C)CN=C1NS(=O)(=O)N=C1NC1=CC=C(C(=O)N(C)C)C(C)C1O. The van der Waals surface area contributed by atoms with Crippen LogP contribution < -0.4 is 10.0 Å². The van der Waals surface area contributed by atoms with E-state index >= 15 is 0 Å². The lowest BCUT2D eigenvalue weighted by Gasteiger charge is -2.28. The number of nitrogens with zero attached hydrogens (tertiary/aromatic N) is 3. The normalized spacial score (nSPS) is 24.8. The van der Waals surface area contributed by atoms with Gasteiger partial charge in [0.15, 0.2) is 11.7 Å². The van der Waals surface area contributed by atoms with Gasteiger partial charge in [-0.1, -0.05) is 44.4 Å². The molecule has 1 heterocycles. The molecule has 0 aromatic heterocycles.